The van der Waals surface area contributed by atoms with Gasteiger partial charge in [0.25, 0.3) is 0 Å². The number of fused-ring (bicyclic) bond motifs is 8. The van der Waals surface area contributed by atoms with Gasteiger partial charge >= 0.3 is 41.8 Å². The van der Waals surface area contributed by atoms with Gasteiger partial charge in [0.05, 0.1) is 88.4 Å². The molecule has 328 valence electrons. The van der Waals surface area contributed by atoms with Crippen molar-refractivity contribution in [3.63, 3.8) is 0 Å². The van der Waals surface area contributed by atoms with Gasteiger partial charge in [-0.15, -0.1) is 0 Å². The summed E-state index contributed by atoms with van der Waals surface area (Å²) in [7, 11) is 0. The average Bonchev–Trinajstić information content (AvgIpc) is 3.91. The normalized spacial score (nSPS) is 12.5. The summed E-state index contributed by atoms with van der Waals surface area (Å²) in [4.78, 5) is 102. The van der Waals surface area contributed by atoms with E-state index in [2.05, 4.69) is 73.7 Å². The fourth-order valence-electron chi connectivity index (χ4n) is 7.58. The number of aliphatic carboxylic acids is 7. The van der Waals surface area contributed by atoms with Crippen LogP contribution in [0.25, 0.3) is 44.4 Å². The number of allylic oxidation sites excluding steroid dienone is 2. The second kappa shape index (κ2) is 19.9. The minimum Gasteiger partial charge on any atom is -0.481 e. The number of rotatable bonds is 19. The van der Waals surface area contributed by atoms with Gasteiger partial charge in [0.2, 0.25) is 0 Å². The van der Waals surface area contributed by atoms with E-state index in [1.807, 2.05) is 6.92 Å². The molecule has 2 aliphatic rings. The topological polar surface area (TPSA) is 318 Å². The van der Waals surface area contributed by atoms with Crippen molar-refractivity contribution in [2.24, 2.45) is 0 Å². The SMILES string of the molecule is CCCc1c(CC(=O)O)c2[nH]c1c(Br)c1nc(c(Br)c3[nH]c(c(Br)c4nc(c2Br)C(CCC(=O)O)=C4CC(=O)O)c(CCC(=O)O)c3CC(=O)O)C(CCC(=O)O)=C1CC(=O)O. The third-order valence-electron chi connectivity index (χ3n) is 10.0. The van der Waals surface area contributed by atoms with Crippen molar-refractivity contribution in [3.8, 4) is 0 Å². The van der Waals surface area contributed by atoms with Crippen LogP contribution in [0.4, 0.5) is 0 Å². The maximum atomic E-state index is 12.5. The molecule has 22 heteroatoms. The molecule has 0 spiro atoms. The Balaban J connectivity index is 2.24. The van der Waals surface area contributed by atoms with E-state index in [0.717, 1.165) is 0 Å². The van der Waals surface area contributed by atoms with E-state index in [9.17, 15) is 69.3 Å². The van der Waals surface area contributed by atoms with Crippen LogP contribution < -0.4 is 0 Å². The Labute approximate surface area is 383 Å². The van der Waals surface area contributed by atoms with Crippen molar-refractivity contribution < 1.29 is 69.3 Å². The van der Waals surface area contributed by atoms with Crippen LogP contribution >= 0.6 is 63.7 Å². The molecule has 0 unspecified atom stereocenters. The lowest BCUT2D eigenvalue weighted by molar-refractivity contribution is -0.138. The van der Waals surface area contributed by atoms with Crippen molar-refractivity contribution in [1.29, 1.82) is 0 Å². The van der Waals surface area contributed by atoms with Gasteiger partial charge in [0, 0.05) is 19.3 Å². The van der Waals surface area contributed by atoms with Crippen molar-refractivity contribution in [2.75, 3.05) is 0 Å². The van der Waals surface area contributed by atoms with Gasteiger partial charge in [-0.3, -0.25) is 33.6 Å². The summed E-state index contributed by atoms with van der Waals surface area (Å²) in [5.41, 5.74) is 1.97. The van der Waals surface area contributed by atoms with Gasteiger partial charge < -0.3 is 45.7 Å². The first-order valence-electron chi connectivity index (χ1n) is 18.7. The number of aromatic amines is 2. The van der Waals surface area contributed by atoms with Gasteiger partial charge in [-0.1, -0.05) is 13.3 Å². The van der Waals surface area contributed by atoms with Crippen molar-refractivity contribution in [2.45, 2.75) is 84.0 Å². The Kier molecular flexibility index (Phi) is 15.4. The molecule has 0 radical (unpaired) electrons. The number of H-pyrrole nitrogens is 2. The molecule has 5 heterocycles. The van der Waals surface area contributed by atoms with E-state index in [4.69, 9.17) is 9.97 Å². The Bertz CT molecular complexity index is 2720. The van der Waals surface area contributed by atoms with Crippen LogP contribution in [0.2, 0.25) is 0 Å². The standard InChI is InChI=1S/C40H36Br4N4O14/c1-2-3-14-18(10-25(55)56)37-30(42)34-16(5-8-23(51)52)20(12-27(59)60)39(47-34)32(44)36-17(6-9-24(53)54)21(13-28(61)62)40(48-36)31(43)35-15(4-7-22(49)50)19(11-26(57)58)38(46-35)29(41)33(14)45-37/h45,48H,2-13H2,1H3,(H,49,50)(H,51,52)(H,53,54)(H,55,56)(H,57,58)(H,59,60)(H,61,62). The summed E-state index contributed by atoms with van der Waals surface area (Å²) in [6.07, 6.45) is -4.11. The molecule has 0 atom stereocenters. The number of carboxylic acid groups (broad SMARTS) is 7. The number of carboxylic acids is 7. The third-order valence-corrected chi connectivity index (χ3v) is 13.1. The second-order valence-electron chi connectivity index (χ2n) is 14.2. The fraction of sp³-hybridized carbons (Fsp3) is 0.325. The first kappa shape index (κ1) is 47.9. The summed E-state index contributed by atoms with van der Waals surface area (Å²) in [5.74, 6) is -8.89. The Hall–Kier alpha value is -5.19. The largest absolute Gasteiger partial charge is 0.481 e. The van der Waals surface area contributed by atoms with Gasteiger partial charge in [0.1, 0.15) is 0 Å². The van der Waals surface area contributed by atoms with Crippen molar-refractivity contribution in [1.82, 2.24) is 19.9 Å². The molecular formula is C40H36Br4N4O14. The quantitative estimate of drug-likeness (QED) is 0.0547. The van der Waals surface area contributed by atoms with E-state index >= 15 is 0 Å². The molecule has 0 aromatic carbocycles. The number of nitrogens with one attached hydrogen (secondary N) is 2. The van der Waals surface area contributed by atoms with Gasteiger partial charge in [-0.05, 0) is 134 Å². The highest BCUT2D eigenvalue weighted by Crippen LogP contribution is 2.47. The Morgan fingerprint density at radius 1 is 0.403 bits per heavy atom. The molecule has 3 aromatic rings. The van der Waals surface area contributed by atoms with Crippen LogP contribution in [0.15, 0.2) is 17.9 Å². The molecule has 8 bridgehead atoms. The predicted octanol–water partition coefficient (Wildman–Crippen LogP) is 8.09. The molecule has 0 saturated carbocycles. The molecule has 2 aliphatic heterocycles. The van der Waals surface area contributed by atoms with E-state index in [1.165, 1.54) is 0 Å². The summed E-state index contributed by atoms with van der Waals surface area (Å²) in [5, 5.41) is 70.2. The summed E-state index contributed by atoms with van der Waals surface area (Å²) < 4.78 is 0.316. The van der Waals surface area contributed by atoms with Gasteiger partial charge in [-0.2, -0.15) is 0 Å². The third kappa shape index (κ3) is 10.2. The van der Waals surface area contributed by atoms with Gasteiger partial charge in [-0.25, -0.2) is 9.97 Å². The maximum Gasteiger partial charge on any atom is 0.307 e. The van der Waals surface area contributed by atoms with Crippen molar-refractivity contribution >= 4 is 150 Å². The van der Waals surface area contributed by atoms with E-state index in [-0.39, 0.29) is 127 Å². The van der Waals surface area contributed by atoms with Crippen LogP contribution in [-0.4, -0.2) is 97.5 Å². The van der Waals surface area contributed by atoms with E-state index in [1.54, 1.807) is 0 Å². The Morgan fingerprint density at radius 2 is 0.694 bits per heavy atom. The minimum atomic E-state index is -1.33. The first-order valence-corrected chi connectivity index (χ1v) is 21.8. The average molecular weight is 1120 g/mol. The number of halogens is 4. The second-order valence-corrected chi connectivity index (χ2v) is 17.3. The monoisotopic (exact) mass is 1110 g/mol. The van der Waals surface area contributed by atoms with Crippen LogP contribution in [0.3, 0.4) is 0 Å². The molecule has 0 aliphatic carbocycles. The van der Waals surface area contributed by atoms with Gasteiger partial charge in [0.15, 0.2) is 0 Å². The highest BCUT2D eigenvalue weighted by atomic mass is 79.9. The molecule has 18 nitrogen and oxygen atoms in total. The lowest BCUT2D eigenvalue weighted by Gasteiger charge is -2.08. The number of hydrogen-bond donors (Lipinski definition) is 9. The highest BCUT2D eigenvalue weighted by molar-refractivity contribution is 9.11. The smallest absolute Gasteiger partial charge is 0.307 e. The summed E-state index contributed by atoms with van der Waals surface area (Å²) in [6.45, 7) is 1.85. The molecule has 0 fully saturated rings. The zero-order valence-electron chi connectivity index (χ0n) is 32.4. The molecule has 5 rings (SSSR count). The number of carbonyl (C=O) groups is 7. The molecule has 0 saturated heterocycles. The molecule has 9 N–H and O–H groups in total. The van der Waals surface area contributed by atoms with E-state index in [0.29, 0.717) is 12.0 Å². The maximum absolute atomic E-state index is 12.5. The molecule has 0 amide bonds. The number of aromatic nitrogens is 4. The van der Waals surface area contributed by atoms with Crippen LogP contribution in [0.1, 0.15) is 103 Å². The van der Waals surface area contributed by atoms with Crippen LogP contribution in [-0.2, 0) is 59.2 Å². The van der Waals surface area contributed by atoms with Crippen molar-refractivity contribution in [3.05, 3.63) is 62.9 Å². The predicted molar refractivity (Wildman–Crippen MR) is 236 cm³/mol. The lowest BCUT2D eigenvalue weighted by Crippen LogP contribution is -2.05. The zero-order chi connectivity index (χ0) is 45.9. The molecular weight excluding hydrogens is 1080 g/mol. The number of nitrogens with zero attached hydrogens (tertiary/aromatic N) is 2. The zero-order valence-corrected chi connectivity index (χ0v) is 38.7. The van der Waals surface area contributed by atoms with E-state index < -0.39 is 86.7 Å². The highest BCUT2D eigenvalue weighted by Gasteiger charge is 2.33. The number of aryl methyl sites for hydroxylation is 2. The fourth-order valence-corrected chi connectivity index (χ4v) is 10.2. The molecule has 62 heavy (non-hydrogen) atoms. The van der Waals surface area contributed by atoms with Crippen LogP contribution in [0, 0.1) is 0 Å². The lowest BCUT2D eigenvalue weighted by atomic mass is 9.96. The number of hydrogen-bond acceptors (Lipinski definition) is 9. The summed E-state index contributed by atoms with van der Waals surface area (Å²) >= 11 is 14.4. The first-order chi connectivity index (χ1) is 29.2. The van der Waals surface area contributed by atoms with Crippen LogP contribution in [0.5, 0.6) is 0 Å². The summed E-state index contributed by atoms with van der Waals surface area (Å²) in [6, 6.07) is 0. The minimum absolute atomic E-state index is 0.0143. The Morgan fingerprint density at radius 3 is 1.00 bits per heavy atom. The molecule has 3 aromatic heterocycles.